The van der Waals surface area contributed by atoms with Gasteiger partial charge < -0.3 is 4.74 Å². The predicted molar refractivity (Wildman–Crippen MR) is 42.9 cm³/mol. The summed E-state index contributed by atoms with van der Waals surface area (Å²) in [6.07, 6.45) is 1.27. The van der Waals surface area contributed by atoms with Crippen molar-refractivity contribution in [2.75, 3.05) is 13.2 Å². The zero-order valence-electron chi connectivity index (χ0n) is 7.26. The van der Waals surface area contributed by atoms with E-state index >= 15 is 0 Å². The quantitative estimate of drug-likeness (QED) is 0.546. The van der Waals surface area contributed by atoms with Gasteiger partial charge in [-0.25, -0.2) is 0 Å². The molecule has 0 radical (unpaired) electrons. The molecule has 0 N–H and O–H groups in total. The molecule has 0 aromatic rings. The number of ether oxygens (including phenoxy) is 1. The molecule has 0 spiro atoms. The standard InChI is InChI=1S/C9H18O/c1-4-9-6-10-5-7(2)8(9)3/h7-9H,4-6H2,1-3H3/t7-,8+,9+/m0/s1. The van der Waals surface area contributed by atoms with Crippen molar-refractivity contribution in [3.05, 3.63) is 0 Å². The summed E-state index contributed by atoms with van der Waals surface area (Å²) in [6.45, 7) is 8.84. The third-order valence-electron chi connectivity index (χ3n) is 2.88. The van der Waals surface area contributed by atoms with Crippen LogP contribution in [0.5, 0.6) is 0 Å². The Labute approximate surface area is 63.8 Å². The second kappa shape index (κ2) is 3.38. The topological polar surface area (TPSA) is 9.23 Å². The molecule has 0 amide bonds. The molecule has 0 unspecified atom stereocenters. The SMILES string of the molecule is CC[C@@H]1COC[C@H](C)[C@H]1C. The Kier molecular flexibility index (Phi) is 2.72. The fourth-order valence-electron chi connectivity index (χ4n) is 1.66. The molecule has 1 heterocycles. The summed E-state index contributed by atoms with van der Waals surface area (Å²) in [7, 11) is 0. The van der Waals surface area contributed by atoms with E-state index in [0.29, 0.717) is 0 Å². The van der Waals surface area contributed by atoms with Gasteiger partial charge in [-0.2, -0.15) is 0 Å². The van der Waals surface area contributed by atoms with E-state index in [-0.39, 0.29) is 0 Å². The van der Waals surface area contributed by atoms with Crippen molar-refractivity contribution in [1.29, 1.82) is 0 Å². The van der Waals surface area contributed by atoms with E-state index < -0.39 is 0 Å². The molecule has 1 fully saturated rings. The molecule has 10 heavy (non-hydrogen) atoms. The van der Waals surface area contributed by atoms with E-state index in [9.17, 15) is 0 Å². The molecule has 1 saturated heterocycles. The maximum absolute atomic E-state index is 5.46. The van der Waals surface area contributed by atoms with E-state index in [4.69, 9.17) is 4.74 Å². The van der Waals surface area contributed by atoms with Gasteiger partial charge in [-0.1, -0.05) is 27.2 Å². The molecule has 3 atom stereocenters. The van der Waals surface area contributed by atoms with Crippen LogP contribution in [0.4, 0.5) is 0 Å². The zero-order valence-corrected chi connectivity index (χ0v) is 7.26. The Morgan fingerprint density at radius 1 is 1.30 bits per heavy atom. The van der Waals surface area contributed by atoms with E-state index in [1.54, 1.807) is 0 Å². The van der Waals surface area contributed by atoms with Crippen molar-refractivity contribution in [2.24, 2.45) is 17.8 Å². The third-order valence-corrected chi connectivity index (χ3v) is 2.88. The van der Waals surface area contributed by atoms with Crippen molar-refractivity contribution in [2.45, 2.75) is 27.2 Å². The van der Waals surface area contributed by atoms with Crippen molar-refractivity contribution in [1.82, 2.24) is 0 Å². The van der Waals surface area contributed by atoms with Crippen molar-refractivity contribution < 1.29 is 4.74 Å². The molecule has 1 nitrogen and oxygen atoms in total. The van der Waals surface area contributed by atoms with Gasteiger partial charge in [0.25, 0.3) is 0 Å². The molecular weight excluding hydrogens is 124 g/mol. The highest BCUT2D eigenvalue weighted by Gasteiger charge is 2.25. The van der Waals surface area contributed by atoms with Crippen LogP contribution in [0.2, 0.25) is 0 Å². The van der Waals surface area contributed by atoms with Gasteiger partial charge >= 0.3 is 0 Å². The molecule has 1 heteroatoms. The Balaban J connectivity index is 2.42. The largest absolute Gasteiger partial charge is 0.381 e. The molecule has 1 aliphatic rings. The summed E-state index contributed by atoms with van der Waals surface area (Å²) in [5.74, 6) is 2.43. The first-order chi connectivity index (χ1) is 4.75. The van der Waals surface area contributed by atoms with Crippen LogP contribution in [0.15, 0.2) is 0 Å². The highest BCUT2D eigenvalue weighted by atomic mass is 16.5. The maximum Gasteiger partial charge on any atom is 0.0496 e. The minimum Gasteiger partial charge on any atom is -0.381 e. The fraction of sp³-hybridized carbons (Fsp3) is 1.00. The average Bonchev–Trinajstić information content (AvgIpc) is 1.95. The molecular formula is C9H18O. The van der Waals surface area contributed by atoms with Crippen LogP contribution in [-0.4, -0.2) is 13.2 Å². The van der Waals surface area contributed by atoms with E-state index in [0.717, 1.165) is 31.0 Å². The van der Waals surface area contributed by atoms with Gasteiger partial charge in [0, 0.05) is 13.2 Å². The first kappa shape index (κ1) is 8.06. The molecule has 0 aliphatic carbocycles. The molecule has 0 bridgehead atoms. The fourth-order valence-corrected chi connectivity index (χ4v) is 1.66. The summed E-state index contributed by atoms with van der Waals surface area (Å²) in [5, 5.41) is 0. The van der Waals surface area contributed by atoms with E-state index in [1.165, 1.54) is 6.42 Å². The van der Waals surface area contributed by atoms with Gasteiger partial charge in [-0.05, 0) is 17.8 Å². The van der Waals surface area contributed by atoms with Crippen LogP contribution in [-0.2, 0) is 4.74 Å². The summed E-state index contributed by atoms with van der Waals surface area (Å²) < 4.78 is 5.46. The minimum atomic E-state index is 0.763. The van der Waals surface area contributed by atoms with Crippen molar-refractivity contribution in [3.63, 3.8) is 0 Å². The molecule has 1 rings (SSSR count). The summed E-state index contributed by atoms with van der Waals surface area (Å²) in [6, 6.07) is 0. The molecule has 1 aliphatic heterocycles. The van der Waals surface area contributed by atoms with Crippen LogP contribution < -0.4 is 0 Å². The zero-order chi connectivity index (χ0) is 7.56. The van der Waals surface area contributed by atoms with Crippen LogP contribution >= 0.6 is 0 Å². The van der Waals surface area contributed by atoms with Gasteiger partial charge in [-0.3, -0.25) is 0 Å². The lowest BCUT2D eigenvalue weighted by Crippen LogP contribution is -2.31. The molecule has 0 aromatic heterocycles. The average molecular weight is 142 g/mol. The van der Waals surface area contributed by atoms with Crippen LogP contribution in [0.3, 0.4) is 0 Å². The predicted octanol–water partition coefficient (Wildman–Crippen LogP) is 2.32. The first-order valence-corrected chi connectivity index (χ1v) is 4.33. The Morgan fingerprint density at radius 3 is 2.50 bits per heavy atom. The second-order valence-electron chi connectivity index (χ2n) is 3.54. The lowest BCUT2D eigenvalue weighted by Gasteiger charge is -2.33. The van der Waals surface area contributed by atoms with Crippen LogP contribution in [0.1, 0.15) is 27.2 Å². The van der Waals surface area contributed by atoms with Gasteiger partial charge in [0.2, 0.25) is 0 Å². The van der Waals surface area contributed by atoms with Gasteiger partial charge in [0.15, 0.2) is 0 Å². The Morgan fingerprint density at radius 2 is 2.00 bits per heavy atom. The Bertz CT molecular complexity index is 101. The lowest BCUT2D eigenvalue weighted by atomic mass is 9.81. The van der Waals surface area contributed by atoms with Crippen LogP contribution in [0, 0.1) is 17.8 Å². The van der Waals surface area contributed by atoms with E-state index in [1.807, 2.05) is 0 Å². The lowest BCUT2D eigenvalue weighted by molar-refractivity contribution is -0.0172. The van der Waals surface area contributed by atoms with E-state index in [2.05, 4.69) is 20.8 Å². The highest BCUT2D eigenvalue weighted by Crippen LogP contribution is 2.28. The molecule has 0 aromatic carbocycles. The summed E-state index contributed by atoms with van der Waals surface area (Å²) >= 11 is 0. The summed E-state index contributed by atoms with van der Waals surface area (Å²) in [4.78, 5) is 0. The molecule has 0 saturated carbocycles. The summed E-state index contributed by atoms with van der Waals surface area (Å²) in [5.41, 5.74) is 0. The first-order valence-electron chi connectivity index (χ1n) is 4.33. The monoisotopic (exact) mass is 142 g/mol. The second-order valence-corrected chi connectivity index (χ2v) is 3.54. The maximum atomic E-state index is 5.46. The van der Waals surface area contributed by atoms with Gasteiger partial charge in [-0.15, -0.1) is 0 Å². The molecule has 60 valence electrons. The normalized spacial score (nSPS) is 41.7. The third kappa shape index (κ3) is 1.51. The van der Waals surface area contributed by atoms with Crippen molar-refractivity contribution >= 4 is 0 Å². The number of hydrogen-bond acceptors (Lipinski definition) is 1. The van der Waals surface area contributed by atoms with Crippen LogP contribution in [0.25, 0.3) is 0 Å². The number of hydrogen-bond donors (Lipinski definition) is 0. The van der Waals surface area contributed by atoms with Gasteiger partial charge in [0.1, 0.15) is 0 Å². The smallest absolute Gasteiger partial charge is 0.0496 e. The van der Waals surface area contributed by atoms with Crippen molar-refractivity contribution in [3.8, 4) is 0 Å². The Hall–Kier alpha value is -0.0400. The number of rotatable bonds is 1. The van der Waals surface area contributed by atoms with Gasteiger partial charge in [0.05, 0.1) is 0 Å². The highest BCUT2D eigenvalue weighted by molar-refractivity contribution is 4.73. The minimum absolute atomic E-state index is 0.763.